The molecular weight excluding hydrogens is 249 g/mol. The van der Waals surface area contributed by atoms with Gasteiger partial charge in [0.05, 0.1) is 11.7 Å². The van der Waals surface area contributed by atoms with Crippen LogP contribution in [0.3, 0.4) is 0 Å². The predicted molar refractivity (Wildman–Crippen MR) is 69.3 cm³/mol. The molecular formula is C13H12FN3O2. The summed E-state index contributed by atoms with van der Waals surface area (Å²) in [6.07, 6.45) is 1.36. The van der Waals surface area contributed by atoms with Crippen molar-refractivity contribution in [3.63, 3.8) is 0 Å². The largest absolute Gasteiger partial charge is 0.375 e. The zero-order chi connectivity index (χ0) is 13.8. The first-order valence-electron chi connectivity index (χ1n) is 5.69. The van der Waals surface area contributed by atoms with Gasteiger partial charge in [0.25, 0.3) is 0 Å². The lowest BCUT2D eigenvalue weighted by molar-refractivity contribution is -0.389. The van der Waals surface area contributed by atoms with Crippen LogP contribution in [0.25, 0.3) is 0 Å². The van der Waals surface area contributed by atoms with E-state index in [0.717, 1.165) is 0 Å². The summed E-state index contributed by atoms with van der Waals surface area (Å²) in [7, 11) is 0. The van der Waals surface area contributed by atoms with Crippen molar-refractivity contribution < 1.29 is 9.31 Å². The van der Waals surface area contributed by atoms with Crippen LogP contribution in [0.15, 0.2) is 42.6 Å². The van der Waals surface area contributed by atoms with E-state index in [9.17, 15) is 14.5 Å². The van der Waals surface area contributed by atoms with Gasteiger partial charge in [-0.2, -0.15) is 0 Å². The number of pyridine rings is 1. The summed E-state index contributed by atoms with van der Waals surface area (Å²) in [5.74, 6) is -0.513. The summed E-state index contributed by atoms with van der Waals surface area (Å²) in [5, 5.41) is 13.5. The fourth-order valence-corrected chi connectivity index (χ4v) is 1.73. The van der Waals surface area contributed by atoms with Gasteiger partial charge in [0, 0.05) is 11.6 Å². The van der Waals surface area contributed by atoms with E-state index in [0.29, 0.717) is 11.3 Å². The van der Waals surface area contributed by atoms with Gasteiger partial charge in [-0.1, -0.05) is 18.2 Å². The van der Waals surface area contributed by atoms with Gasteiger partial charge < -0.3 is 15.4 Å². The Kier molecular flexibility index (Phi) is 3.70. The van der Waals surface area contributed by atoms with Crippen LogP contribution in [0, 0.1) is 15.9 Å². The van der Waals surface area contributed by atoms with Crippen molar-refractivity contribution in [2.75, 3.05) is 5.32 Å². The summed E-state index contributed by atoms with van der Waals surface area (Å²) >= 11 is 0. The Hall–Kier alpha value is -2.50. The monoisotopic (exact) mass is 261 g/mol. The molecule has 98 valence electrons. The molecule has 1 aromatic carbocycles. The molecule has 0 aliphatic rings. The fraction of sp³-hybridized carbons (Fsp3) is 0.154. The van der Waals surface area contributed by atoms with Gasteiger partial charge >= 0.3 is 5.82 Å². The van der Waals surface area contributed by atoms with Gasteiger partial charge in [-0.05, 0) is 29.0 Å². The fourth-order valence-electron chi connectivity index (χ4n) is 1.73. The predicted octanol–water partition coefficient (Wildman–Crippen LogP) is 3.30. The highest BCUT2D eigenvalue weighted by atomic mass is 19.1. The number of rotatable bonds is 4. The first kappa shape index (κ1) is 12.9. The molecule has 0 radical (unpaired) electrons. The second-order valence-electron chi connectivity index (χ2n) is 4.05. The van der Waals surface area contributed by atoms with Crippen molar-refractivity contribution in [1.29, 1.82) is 0 Å². The maximum Gasteiger partial charge on any atom is 0.363 e. The topological polar surface area (TPSA) is 68.1 Å². The summed E-state index contributed by atoms with van der Waals surface area (Å²) in [4.78, 5) is 13.6. The summed E-state index contributed by atoms with van der Waals surface area (Å²) in [6, 6.07) is 9.04. The number of nitrogens with one attached hydrogen (secondary N) is 1. The van der Waals surface area contributed by atoms with Gasteiger partial charge in [-0.25, -0.2) is 4.39 Å². The van der Waals surface area contributed by atoms with Crippen molar-refractivity contribution in [1.82, 2.24) is 4.98 Å². The third-order valence-electron chi connectivity index (χ3n) is 2.69. The Morgan fingerprint density at radius 2 is 2.05 bits per heavy atom. The van der Waals surface area contributed by atoms with Gasteiger partial charge in [0.15, 0.2) is 6.20 Å². The maximum atomic E-state index is 13.6. The van der Waals surface area contributed by atoms with Gasteiger partial charge in [0.1, 0.15) is 5.82 Å². The van der Waals surface area contributed by atoms with Crippen molar-refractivity contribution in [2.45, 2.75) is 13.0 Å². The summed E-state index contributed by atoms with van der Waals surface area (Å²) in [6.45, 7) is 1.81. The molecule has 0 amide bonds. The lowest BCUT2D eigenvalue weighted by atomic mass is 10.1. The second kappa shape index (κ2) is 5.43. The molecule has 2 aromatic rings. The second-order valence-corrected chi connectivity index (χ2v) is 4.05. The molecule has 0 saturated carbocycles. The minimum absolute atomic E-state index is 0.218. The highest BCUT2D eigenvalue weighted by Gasteiger charge is 2.12. The number of nitro groups is 1. The van der Waals surface area contributed by atoms with Crippen molar-refractivity contribution >= 4 is 11.5 Å². The van der Waals surface area contributed by atoms with E-state index in [1.807, 2.05) is 0 Å². The molecule has 6 heteroatoms. The van der Waals surface area contributed by atoms with E-state index in [1.54, 1.807) is 31.2 Å². The van der Waals surface area contributed by atoms with Crippen LogP contribution in [0.5, 0.6) is 0 Å². The van der Waals surface area contributed by atoms with E-state index in [1.165, 1.54) is 18.3 Å². The normalized spacial score (nSPS) is 11.9. The van der Waals surface area contributed by atoms with Crippen molar-refractivity contribution in [2.24, 2.45) is 0 Å². The van der Waals surface area contributed by atoms with E-state index < -0.39 is 4.92 Å². The van der Waals surface area contributed by atoms with Gasteiger partial charge in [-0.3, -0.25) is 0 Å². The molecule has 2 rings (SSSR count). The zero-order valence-electron chi connectivity index (χ0n) is 10.2. The number of aromatic nitrogens is 1. The number of anilines is 1. The molecule has 0 unspecified atom stereocenters. The minimum atomic E-state index is -0.565. The number of hydrogen-bond donors (Lipinski definition) is 1. The molecule has 1 atom stereocenters. The molecule has 0 bridgehead atoms. The van der Waals surface area contributed by atoms with E-state index in [4.69, 9.17) is 0 Å². The summed E-state index contributed by atoms with van der Waals surface area (Å²) < 4.78 is 13.6. The number of benzene rings is 1. The lowest BCUT2D eigenvalue weighted by Gasteiger charge is -2.15. The Labute approximate surface area is 109 Å². The third kappa shape index (κ3) is 3.04. The summed E-state index contributed by atoms with van der Waals surface area (Å²) in [5.41, 5.74) is 1.13. The van der Waals surface area contributed by atoms with Crippen molar-refractivity contribution in [3.05, 3.63) is 64.1 Å². The maximum absolute atomic E-state index is 13.6. The van der Waals surface area contributed by atoms with Crippen LogP contribution in [0.2, 0.25) is 0 Å². The Balaban J connectivity index is 2.13. The minimum Gasteiger partial charge on any atom is -0.375 e. The Morgan fingerprint density at radius 3 is 2.63 bits per heavy atom. The lowest BCUT2D eigenvalue weighted by Crippen LogP contribution is -2.08. The molecule has 0 spiro atoms. The SMILES string of the molecule is C[C@@H](Nc1ccc([N+](=O)[O-])nc1)c1ccccc1F. The molecule has 0 saturated heterocycles. The standard InChI is InChI=1S/C13H12FN3O2/c1-9(11-4-2-3-5-12(11)14)16-10-6-7-13(15-8-10)17(18)19/h2-9,16H,1H3/t9-/m1/s1. The van der Waals surface area contributed by atoms with Crippen molar-refractivity contribution in [3.8, 4) is 0 Å². The highest BCUT2D eigenvalue weighted by molar-refractivity contribution is 5.45. The van der Waals surface area contributed by atoms with Crippen LogP contribution < -0.4 is 5.32 Å². The van der Waals surface area contributed by atoms with Crippen LogP contribution in [-0.4, -0.2) is 9.91 Å². The third-order valence-corrected chi connectivity index (χ3v) is 2.69. The van der Waals surface area contributed by atoms with Gasteiger partial charge in [-0.15, -0.1) is 0 Å². The molecule has 0 aliphatic heterocycles. The van der Waals surface area contributed by atoms with Crippen LogP contribution in [-0.2, 0) is 0 Å². The number of halogens is 1. The molecule has 19 heavy (non-hydrogen) atoms. The van der Waals surface area contributed by atoms with Gasteiger partial charge in [0.2, 0.25) is 0 Å². The highest BCUT2D eigenvalue weighted by Crippen LogP contribution is 2.21. The average Bonchev–Trinajstić information content (AvgIpc) is 2.39. The first-order valence-corrected chi connectivity index (χ1v) is 5.69. The smallest absolute Gasteiger partial charge is 0.363 e. The first-order chi connectivity index (χ1) is 9.08. The number of hydrogen-bond acceptors (Lipinski definition) is 4. The molecule has 1 aromatic heterocycles. The molecule has 0 fully saturated rings. The van der Waals surface area contributed by atoms with Crippen LogP contribution >= 0.6 is 0 Å². The Bertz CT molecular complexity index is 587. The Morgan fingerprint density at radius 1 is 1.32 bits per heavy atom. The van der Waals surface area contributed by atoms with E-state index in [2.05, 4.69) is 10.3 Å². The quantitative estimate of drug-likeness (QED) is 0.677. The average molecular weight is 261 g/mol. The van der Waals surface area contributed by atoms with E-state index in [-0.39, 0.29) is 17.7 Å². The molecule has 5 nitrogen and oxygen atoms in total. The van der Waals surface area contributed by atoms with E-state index >= 15 is 0 Å². The number of nitrogens with zero attached hydrogens (tertiary/aromatic N) is 2. The molecule has 1 N–H and O–H groups in total. The zero-order valence-corrected chi connectivity index (χ0v) is 10.2. The molecule has 1 heterocycles. The molecule has 0 aliphatic carbocycles. The van der Waals surface area contributed by atoms with Crippen LogP contribution in [0.1, 0.15) is 18.5 Å². The van der Waals surface area contributed by atoms with Crippen LogP contribution in [0.4, 0.5) is 15.9 Å².